The number of nitrogens with zero attached hydrogens (tertiary/aromatic N) is 2. The van der Waals surface area contributed by atoms with E-state index in [2.05, 4.69) is 6.58 Å². The molecular formula is C9H14N2O3. The van der Waals surface area contributed by atoms with Crippen LogP contribution in [0.15, 0.2) is 12.2 Å². The number of hydroxylamine groups is 2. The molecule has 2 amide bonds. The molecule has 1 aliphatic rings. The first kappa shape index (κ1) is 10.6. The Labute approximate surface area is 82.9 Å². The van der Waals surface area contributed by atoms with Gasteiger partial charge in [-0.1, -0.05) is 6.58 Å². The molecule has 1 fully saturated rings. The average Bonchev–Trinajstić information content (AvgIpc) is 2.47. The van der Waals surface area contributed by atoms with E-state index in [0.717, 1.165) is 5.06 Å². The van der Waals surface area contributed by atoms with E-state index >= 15 is 0 Å². The molecule has 0 aliphatic carbocycles. The third-order valence-corrected chi connectivity index (χ3v) is 1.98. The molecule has 0 radical (unpaired) electrons. The third-order valence-electron chi connectivity index (χ3n) is 1.98. The van der Waals surface area contributed by atoms with Crippen LogP contribution >= 0.6 is 0 Å². The van der Waals surface area contributed by atoms with Gasteiger partial charge in [-0.3, -0.25) is 0 Å². The van der Waals surface area contributed by atoms with Crippen molar-refractivity contribution in [2.45, 2.75) is 13.8 Å². The Morgan fingerprint density at radius 1 is 1.57 bits per heavy atom. The quantitative estimate of drug-likeness (QED) is 0.629. The van der Waals surface area contributed by atoms with Crippen LogP contribution in [-0.4, -0.2) is 41.6 Å². The summed E-state index contributed by atoms with van der Waals surface area (Å²) < 4.78 is 0. The van der Waals surface area contributed by atoms with E-state index in [0.29, 0.717) is 19.6 Å². The average molecular weight is 198 g/mol. The van der Waals surface area contributed by atoms with Gasteiger partial charge >= 0.3 is 12.0 Å². The van der Waals surface area contributed by atoms with Crippen LogP contribution < -0.4 is 0 Å². The summed E-state index contributed by atoms with van der Waals surface area (Å²) in [5.74, 6) is -0.559. The lowest BCUT2D eigenvalue weighted by molar-refractivity contribution is -0.168. The Morgan fingerprint density at radius 3 is 2.64 bits per heavy atom. The number of urea groups is 1. The highest BCUT2D eigenvalue weighted by atomic mass is 16.7. The number of carbonyl (C=O) groups excluding carboxylic acids is 2. The maximum Gasteiger partial charge on any atom is 0.358 e. The summed E-state index contributed by atoms with van der Waals surface area (Å²) in [4.78, 5) is 29.0. The summed E-state index contributed by atoms with van der Waals surface area (Å²) in [7, 11) is 0. The number of hydrogen-bond acceptors (Lipinski definition) is 3. The molecule has 0 atom stereocenters. The van der Waals surface area contributed by atoms with E-state index in [9.17, 15) is 9.59 Å². The third kappa shape index (κ3) is 2.04. The van der Waals surface area contributed by atoms with Crippen LogP contribution in [0.4, 0.5) is 4.79 Å². The Kier molecular flexibility index (Phi) is 3.11. The standard InChI is InChI=1S/C9H14N2O3/c1-4-10-5-6-11(9(10)13)14-8(12)7(2)3/h2,4-6H2,1,3H3. The summed E-state index contributed by atoms with van der Waals surface area (Å²) in [5.41, 5.74) is 0.285. The molecule has 1 saturated heterocycles. The number of amides is 2. The molecule has 78 valence electrons. The fourth-order valence-corrected chi connectivity index (χ4v) is 1.12. The van der Waals surface area contributed by atoms with Gasteiger partial charge in [0.05, 0.1) is 6.54 Å². The largest absolute Gasteiger partial charge is 0.358 e. The lowest BCUT2D eigenvalue weighted by atomic mass is 10.4. The van der Waals surface area contributed by atoms with Gasteiger partial charge in [0, 0.05) is 18.7 Å². The van der Waals surface area contributed by atoms with Gasteiger partial charge in [0.25, 0.3) is 0 Å². The van der Waals surface area contributed by atoms with Crippen LogP contribution in [0, 0.1) is 0 Å². The molecule has 0 spiro atoms. The first-order chi connectivity index (χ1) is 6.56. The Bertz CT molecular complexity index is 275. The molecule has 14 heavy (non-hydrogen) atoms. The first-order valence-corrected chi connectivity index (χ1v) is 4.50. The SMILES string of the molecule is C=C(C)C(=O)ON1CCN(CC)C1=O. The van der Waals surface area contributed by atoms with Gasteiger partial charge in [-0.15, -0.1) is 0 Å². The molecular weight excluding hydrogens is 184 g/mol. The fraction of sp³-hybridized carbons (Fsp3) is 0.556. The Morgan fingerprint density at radius 2 is 2.21 bits per heavy atom. The minimum atomic E-state index is -0.559. The van der Waals surface area contributed by atoms with E-state index in [-0.39, 0.29) is 11.6 Å². The predicted octanol–water partition coefficient (Wildman–Crippen LogP) is 0.778. The Hall–Kier alpha value is -1.52. The molecule has 0 aromatic heterocycles. The van der Waals surface area contributed by atoms with Crippen LogP contribution in [0.25, 0.3) is 0 Å². The molecule has 1 rings (SSSR count). The smallest absolute Gasteiger partial charge is 0.332 e. The van der Waals surface area contributed by atoms with Gasteiger partial charge in [-0.05, 0) is 13.8 Å². The lowest BCUT2D eigenvalue weighted by Crippen LogP contribution is -2.33. The van der Waals surface area contributed by atoms with Crippen molar-refractivity contribution in [1.29, 1.82) is 0 Å². The van der Waals surface area contributed by atoms with Gasteiger partial charge in [0.15, 0.2) is 0 Å². The monoisotopic (exact) mass is 198 g/mol. The lowest BCUT2D eigenvalue weighted by Gasteiger charge is -2.15. The van der Waals surface area contributed by atoms with Gasteiger partial charge < -0.3 is 9.74 Å². The zero-order chi connectivity index (χ0) is 10.7. The van der Waals surface area contributed by atoms with Crippen LogP contribution in [-0.2, 0) is 9.63 Å². The zero-order valence-corrected chi connectivity index (χ0v) is 8.45. The molecule has 5 heteroatoms. The number of hydrogen-bond donors (Lipinski definition) is 0. The highest BCUT2D eigenvalue weighted by molar-refractivity contribution is 5.88. The van der Waals surface area contributed by atoms with E-state index in [1.807, 2.05) is 6.92 Å². The van der Waals surface area contributed by atoms with Gasteiger partial charge in [-0.2, -0.15) is 5.06 Å². The minimum Gasteiger partial charge on any atom is -0.332 e. The van der Waals surface area contributed by atoms with E-state index < -0.39 is 5.97 Å². The molecule has 0 unspecified atom stereocenters. The highest BCUT2D eigenvalue weighted by Crippen LogP contribution is 2.09. The van der Waals surface area contributed by atoms with Crippen molar-refractivity contribution in [3.63, 3.8) is 0 Å². The maximum absolute atomic E-state index is 11.4. The van der Waals surface area contributed by atoms with Crippen molar-refractivity contribution in [2.24, 2.45) is 0 Å². The molecule has 0 aromatic rings. The Balaban J connectivity index is 2.52. The molecule has 1 heterocycles. The predicted molar refractivity (Wildman–Crippen MR) is 50.3 cm³/mol. The van der Waals surface area contributed by atoms with E-state index in [4.69, 9.17) is 4.84 Å². The van der Waals surface area contributed by atoms with Crippen LogP contribution in [0.2, 0.25) is 0 Å². The summed E-state index contributed by atoms with van der Waals surface area (Å²) in [6, 6.07) is -0.262. The van der Waals surface area contributed by atoms with Crippen molar-refractivity contribution >= 4 is 12.0 Å². The molecule has 0 saturated carbocycles. The van der Waals surface area contributed by atoms with Crippen molar-refractivity contribution in [1.82, 2.24) is 9.96 Å². The maximum atomic E-state index is 11.4. The van der Waals surface area contributed by atoms with Crippen LogP contribution in [0.5, 0.6) is 0 Å². The highest BCUT2D eigenvalue weighted by Gasteiger charge is 2.30. The minimum absolute atomic E-state index is 0.262. The first-order valence-electron chi connectivity index (χ1n) is 4.50. The second kappa shape index (κ2) is 4.13. The number of likely N-dealkylation sites (N-methyl/N-ethyl adjacent to an activating group) is 1. The summed E-state index contributed by atoms with van der Waals surface area (Å²) >= 11 is 0. The van der Waals surface area contributed by atoms with Crippen molar-refractivity contribution in [3.8, 4) is 0 Å². The molecule has 0 N–H and O–H groups in total. The van der Waals surface area contributed by atoms with Gasteiger partial charge in [0.1, 0.15) is 0 Å². The zero-order valence-electron chi connectivity index (χ0n) is 8.45. The summed E-state index contributed by atoms with van der Waals surface area (Å²) in [5, 5.41) is 1.07. The number of carbonyl (C=O) groups is 2. The summed E-state index contributed by atoms with van der Waals surface area (Å²) in [6.07, 6.45) is 0. The van der Waals surface area contributed by atoms with Crippen molar-refractivity contribution in [2.75, 3.05) is 19.6 Å². The van der Waals surface area contributed by atoms with Crippen LogP contribution in [0.3, 0.4) is 0 Å². The number of rotatable bonds is 3. The summed E-state index contributed by atoms with van der Waals surface area (Å²) in [6.45, 7) is 8.50. The van der Waals surface area contributed by atoms with E-state index in [1.165, 1.54) is 0 Å². The van der Waals surface area contributed by atoms with Gasteiger partial charge in [-0.25, -0.2) is 9.59 Å². The molecule has 0 bridgehead atoms. The molecule has 0 aromatic carbocycles. The molecule has 5 nitrogen and oxygen atoms in total. The fourth-order valence-electron chi connectivity index (χ4n) is 1.12. The normalized spacial score (nSPS) is 16.0. The van der Waals surface area contributed by atoms with Gasteiger partial charge in [0.2, 0.25) is 0 Å². The second-order valence-electron chi connectivity index (χ2n) is 3.12. The molecule has 1 aliphatic heterocycles. The van der Waals surface area contributed by atoms with Crippen molar-refractivity contribution < 1.29 is 14.4 Å². The topological polar surface area (TPSA) is 49.9 Å². The second-order valence-corrected chi connectivity index (χ2v) is 3.12. The van der Waals surface area contributed by atoms with Crippen LogP contribution in [0.1, 0.15) is 13.8 Å². The van der Waals surface area contributed by atoms with E-state index in [1.54, 1.807) is 11.8 Å². The van der Waals surface area contributed by atoms with Crippen molar-refractivity contribution in [3.05, 3.63) is 12.2 Å².